The van der Waals surface area contributed by atoms with Gasteiger partial charge in [0.15, 0.2) is 0 Å². The minimum atomic E-state index is -1.11. The van der Waals surface area contributed by atoms with Crippen molar-refractivity contribution in [1.82, 2.24) is 15.2 Å². The van der Waals surface area contributed by atoms with Crippen molar-refractivity contribution in [2.75, 3.05) is 6.54 Å². The number of benzene rings is 2. The molecule has 3 aromatic rings. The highest BCUT2D eigenvalue weighted by Gasteiger charge is 2.41. The molecule has 0 spiro atoms. The van der Waals surface area contributed by atoms with Crippen LogP contribution in [0.1, 0.15) is 22.3 Å². The molecule has 1 unspecified atom stereocenters. The van der Waals surface area contributed by atoms with E-state index in [0.717, 1.165) is 16.5 Å². The van der Waals surface area contributed by atoms with Crippen LogP contribution in [0.3, 0.4) is 0 Å². The van der Waals surface area contributed by atoms with Crippen molar-refractivity contribution in [3.05, 3.63) is 71.9 Å². The van der Waals surface area contributed by atoms with E-state index < -0.39 is 30.0 Å². The Hall–Kier alpha value is -3.65. The van der Waals surface area contributed by atoms with Gasteiger partial charge in [-0.15, -0.1) is 0 Å². The SMILES string of the molecule is NC(Cc1c[nH]c2ccccc12)C(=O)N1C[C@H](NC(=O)c2ccccc2)C[C@H]1C(=O)O. The zero-order valence-electron chi connectivity index (χ0n) is 16.8. The molecule has 1 aliphatic heterocycles. The molecule has 31 heavy (non-hydrogen) atoms. The lowest BCUT2D eigenvalue weighted by Gasteiger charge is -2.24. The lowest BCUT2D eigenvalue weighted by Crippen LogP contribution is -2.49. The van der Waals surface area contributed by atoms with Gasteiger partial charge in [0.2, 0.25) is 5.91 Å². The number of nitrogens with two attached hydrogens (primary N) is 1. The number of fused-ring (bicyclic) bond motifs is 1. The molecule has 2 amide bonds. The van der Waals surface area contributed by atoms with E-state index in [4.69, 9.17) is 5.73 Å². The molecule has 0 saturated carbocycles. The van der Waals surface area contributed by atoms with Crippen LogP contribution in [0.5, 0.6) is 0 Å². The van der Waals surface area contributed by atoms with E-state index in [9.17, 15) is 19.5 Å². The zero-order valence-corrected chi connectivity index (χ0v) is 16.8. The predicted molar refractivity (Wildman–Crippen MR) is 115 cm³/mol. The van der Waals surface area contributed by atoms with Crippen LogP contribution in [-0.2, 0) is 16.0 Å². The van der Waals surface area contributed by atoms with Crippen LogP contribution in [0.15, 0.2) is 60.8 Å². The molecule has 0 radical (unpaired) electrons. The fraction of sp³-hybridized carbons (Fsp3) is 0.261. The topological polar surface area (TPSA) is 129 Å². The number of carbonyl (C=O) groups excluding carboxylic acids is 2. The first kappa shape index (κ1) is 20.6. The van der Waals surface area contributed by atoms with Crippen LogP contribution in [0.25, 0.3) is 10.9 Å². The van der Waals surface area contributed by atoms with Crippen LogP contribution in [0, 0.1) is 0 Å². The van der Waals surface area contributed by atoms with Crippen molar-refractivity contribution in [2.45, 2.75) is 31.0 Å². The molecule has 2 heterocycles. The summed E-state index contributed by atoms with van der Waals surface area (Å²) in [6.45, 7) is 0.107. The maximum atomic E-state index is 13.0. The molecule has 3 atom stereocenters. The minimum Gasteiger partial charge on any atom is -0.480 e. The van der Waals surface area contributed by atoms with Crippen molar-refractivity contribution in [3.8, 4) is 0 Å². The highest BCUT2D eigenvalue weighted by Crippen LogP contribution is 2.23. The third-order valence-corrected chi connectivity index (χ3v) is 5.67. The highest BCUT2D eigenvalue weighted by atomic mass is 16.4. The first-order valence-corrected chi connectivity index (χ1v) is 10.1. The summed E-state index contributed by atoms with van der Waals surface area (Å²) in [6.07, 6.45) is 2.24. The molecule has 5 N–H and O–H groups in total. The Bertz CT molecular complexity index is 1110. The molecule has 1 saturated heterocycles. The van der Waals surface area contributed by atoms with Crippen molar-refractivity contribution in [2.24, 2.45) is 5.73 Å². The summed E-state index contributed by atoms with van der Waals surface area (Å²) >= 11 is 0. The molecule has 2 aromatic carbocycles. The summed E-state index contributed by atoms with van der Waals surface area (Å²) < 4.78 is 0. The monoisotopic (exact) mass is 420 g/mol. The molecule has 1 aliphatic rings. The maximum Gasteiger partial charge on any atom is 0.326 e. The number of para-hydroxylation sites is 1. The second-order valence-corrected chi connectivity index (χ2v) is 7.79. The Morgan fingerprint density at radius 2 is 1.84 bits per heavy atom. The Morgan fingerprint density at radius 3 is 2.58 bits per heavy atom. The van der Waals surface area contributed by atoms with Gasteiger partial charge >= 0.3 is 5.97 Å². The number of carboxylic acids is 1. The number of carbonyl (C=O) groups is 3. The largest absolute Gasteiger partial charge is 0.480 e. The fourth-order valence-electron chi connectivity index (χ4n) is 4.11. The van der Waals surface area contributed by atoms with E-state index in [2.05, 4.69) is 10.3 Å². The normalized spacial score (nSPS) is 19.3. The molecule has 0 aliphatic carbocycles. The Balaban J connectivity index is 1.45. The number of hydrogen-bond acceptors (Lipinski definition) is 4. The standard InChI is InChI=1S/C23H24N4O4/c24-18(10-15-12-25-19-9-5-4-8-17(15)19)22(29)27-13-16(11-20(27)23(30)31)26-21(28)14-6-2-1-3-7-14/h1-9,12,16,18,20,25H,10-11,13,24H2,(H,26,28)(H,30,31)/t16-,18?,20+/m1/s1. The summed E-state index contributed by atoms with van der Waals surface area (Å²) in [4.78, 5) is 41.7. The van der Waals surface area contributed by atoms with Crippen molar-refractivity contribution >= 4 is 28.7 Å². The van der Waals surface area contributed by atoms with Gasteiger partial charge in [-0.1, -0.05) is 36.4 Å². The number of aromatic nitrogens is 1. The van der Waals surface area contributed by atoms with Crippen molar-refractivity contribution in [3.63, 3.8) is 0 Å². The number of nitrogens with zero attached hydrogens (tertiary/aromatic N) is 1. The van der Waals surface area contributed by atoms with Gasteiger partial charge in [-0.2, -0.15) is 0 Å². The van der Waals surface area contributed by atoms with Crippen LogP contribution in [0.2, 0.25) is 0 Å². The number of nitrogens with one attached hydrogen (secondary N) is 2. The van der Waals surface area contributed by atoms with Crippen LogP contribution in [0.4, 0.5) is 0 Å². The summed E-state index contributed by atoms with van der Waals surface area (Å²) in [6, 6.07) is 14.0. The Labute approximate surface area is 179 Å². The molecule has 8 heteroatoms. The smallest absolute Gasteiger partial charge is 0.326 e. The lowest BCUT2D eigenvalue weighted by molar-refractivity contribution is -0.148. The highest BCUT2D eigenvalue weighted by molar-refractivity contribution is 5.95. The number of hydrogen-bond donors (Lipinski definition) is 4. The molecule has 4 rings (SSSR count). The average Bonchev–Trinajstić information content (AvgIpc) is 3.38. The van der Waals surface area contributed by atoms with Crippen LogP contribution >= 0.6 is 0 Å². The van der Waals surface area contributed by atoms with Crippen molar-refractivity contribution in [1.29, 1.82) is 0 Å². The van der Waals surface area contributed by atoms with E-state index in [-0.39, 0.29) is 25.3 Å². The summed E-state index contributed by atoms with van der Waals surface area (Å²) in [5.41, 5.74) is 8.52. The lowest BCUT2D eigenvalue weighted by atomic mass is 10.0. The Kier molecular flexibility index (Phi) is 5.73. The van der Waals surface area contributed by atoms with E-state index in [1.54, 1.807) is 24.3 Å². The van der Waals surface area contributed by atoms with Crippen LogP contribution in [-0.4, -0.2) is 57.4 Å². The van der Waals surface area contributed by atoms with Crippen molar-refractivity contribution < 1.29 is 19.5 Å². The first-order valence-electron chi connectivity index (χ1n) is 10.1. The quantitative estimate of drug-likeness (QED) is 0.481. The number of amides is 2. The Morgan fingerprint density at radius 1 is 1.13 bits per heavy atom. The van der Waals surface area contributed by atoms with E-state index in [1.807, 2.05) is 36.5 Å². The van der Waals surface area contributed by atoms with Gasteiger partial charge in [-0.3, -0.25) is 9.59 Å². The molecular weight excluding hydrogens is 396 g/mol. The fourth-order valence-corrected chi connectivity index (χ4v) is 4.11. The van der Waals surface area contributed by atoms with E-state index >= 15 is 0 Å². The third kappa shape index (κ3) is 4.29. The predicted octanol–water partition coefficient (Wildman–Crippen LogP) is 1.52. The van der Waals surface area contributed by atoms with E-state index in [1.165, 1.54) is 4.90 Å². The number of rotatable bonds is 6. The summed E-state index contributed by atoms with van der Waals surface area (Å²) in [5.74, 6) is -1.84. The third-order valence-electron chi connectivity index (χ3n) is 5.67. The molecule has 1 aromatic heterocycles. The first-order chi connectivity index (χ1) is 14.9. The summed E-state index contributed by atoms with van der Waals surface area (Å²) in [5, 5.41) is 13.4. The number of carboxylic acid groups (broad SMARTS) is 1. The van der Waals surface area contributed by atoms with Gasteiger partial charge < -0.3 is 26.0 Å². The molecular formula is C23H24N4O4. The second-order valence-electron chi connectivity index (χ2n) is 7.79. The summed E-state index contributed by atoms with van der Waals surface area (Å²) in [7, 11) is 0. The second kappa shape index (κ2) is 8.61. The van der Waals surface area contributed by atoms with Crippen LogP contribution < -0.4 is 11.1 Å². The van der Waals surface area contributed by atoms with Gasteiger partial charge in [-0.05, 0) is 30.2 Å². The number of H-pyrrole nitrogens is 1. The molecule has 0 bridgehead atoms. The molecule has 1 fully saturated rings. The van der Waals surface area contributed by atoms with Gasteiger partial charge in [0.1, 0.15) is 6.04 Å². The average molecular weight is 420 g/mol. The maximum absolute atomic E-state index is 13.0. The van der Waals surface area contributed by atoms with Gasteiger partial charge in [0.05, 0.1) is 6.04 Å². The molecule has 8 nitrogen and oxygen atoms in total. The van der Waals surface area contributed by atoms with E-state index in [0.29, 0.717) is 5.56 Å². The van der Waals surface area contributed by atoms with Gasteiger partial charge in [0.25, 0.3) is 5.91 Å². The number of aromatic amines is 1. The number of aliphatic carboxylic acids is 1. The number of likely N-dealkylation sites (tertiary alicyclic amines) is 1. The van der Waals surface area contributed by atoms with Gasteiger partial charge in [-0.25, -0.2) is 4.79 Å². The zero-order chi connectivity index (χ0) is 22.0. The molecule has 160 valence electrons. The minimum absolute atomic E-state index is 0.107. The van der Waals surface area contributed by atoms with Gasteiger partial charge in [0, 0.05) is 41.7 Å².